The predicted molar refractivity (Wildman–Crippen MR) is 64.1 cm³/mol. The summed E-state index contributed by atoms with van der Waals surface area (Å²) < 4.78 is 15.2. The number of thiophene rings is 1. The SMILES string of the molecule is Fc1cc(CCl)cc2cc(I)sc12. The van der Waals surface area contributed by atoms with Crippen LogP contribution in [-0.4, -0.2) is 0 Å². The molecule has 0 unspecified atom stereocenters. The van der Waals surface area contributed by atoms with Gasteiger partial charge in [-0.15, -0.1) is 22.9 Å². The van der Waals surface area contributed by atoms with Crippen LogP contribution in [0.4, 0.5) is 4.39 Å². The first kappa shape index (κ1) is 9.68. The highest BCUT2D eigenvalue weighted by molar-refractivity contribution is 14.1. The summed E-state index contributed by atoms with van der Waals surface area (Å²) in [5.41, 5.74) is 0.834. The normalized spacial score (nSPS) is 11.0. The van der Waals surface area contributed by atoms with E-state index in [1.807, 2.05) is 12.1 Å². The van der Waals surface area contributed by atoms with Gasteiger partial charge in [-0.05, 0) is 51.7 Å². The van der Waals surface area contributed by atoms with Crippen LogP contribution >= 0.6 is 45.5 Å². The molecule has 1 aromatic carbocycles. The molecule has 0 radical (unpaired) electrons. The molecule has 2 aromatic rings. The highest BCUT2D eigenvalue weighted by Gasteiger charge is 2.06. The van der Waals surface area contributed by atoms with Gasteiger partial charge in [-0.3, -0.25) is 0 Å². The molecule has 0 saturated heterocycles. The average Bonchev–Trinajstić information content (AvgIpc) is 2.46. The fraction of sp³-hybridized carbons (Fsp3) is 0.111. The lowest BCUT2D eigenvalue weighted by molar-refractivity contribution is 0.640. The Hall–Kier alpha value is 0.130. The molecule has 0 N–H and O–H groups in total. The molecule has 0 spiro atoms. The van der Waals surface area contributed by atoms with Gasteiger partial charge in [0.15, 0.2) is 0 Å². The van der Waals surface area contributed by atoms with E-state index in [1.165, 1.54) is 17.4 Å². The van der Waals surface area contributed by atoms with Gasteiger partial charge in [0.2, 0.25) is 0 Å². The Labute approximate surface area is 97.8 Å². The Kier molecular flexibility index (Phi) is 2.76. The molecule has 0 aliphatic heterocycles. The maximum Gasteiger partial charge on any atom is 0.141 e. The van der Waals surface area contributed by atoms with Crippen LogP contribution in [0, 0.1) is 8.70 Å². The first-order chi connectivity index (χ1) is 6.20. The van der Waals surface area contributed by atoms with Crippen molar-refractivity contribution in [3.05, 3.63) is 32.5 Å². The van der Waals surface area contributed by atoms with Crippen molar-refractivity contribution >= 4 is 55.6 Å². The minimum Gasteiger partial charge on any atom is -0.205 e. The van der Waals surface area contributed by atoms with E-state index >= 15 is 0 Å². The van der Waals surface area contributed by atoms with Crippen LogP contribution in [0.15, 0.2) is 18.2 Å². The van der Waals surface area contributed by atoms with E-state index in [0.717, 1.165) is 18.5 Å². The maximum atomic E-state index is 13.4. The van der Waals surface area contributed by atoms with Gasteiger partial charge in [-0.2, -0.15) is 0 Å². The third kappa shape index (κ3) is 1.82. The van der Waals surface area contributed by atoms with E-state index in [9.17, 15) is 4.39 Å². The van der Waals surface area contributed by atoms with Gasteiger partial charge < -0.3 is 0 Å². The van der Waals surface area contributed by atoms with Crippen molar-refractivity contribution in [3.63, 3.8) is 0 Å². The summed E-state index contributed by atoms with van der Waals surface area (Å²) in [6.07, 6.45) is 0. The lowest BCUT2D eigenvalue weighted by Gasteiger charge is -1.96. The summed E-state index contributed by atoms with van der Waals surface area (Å²) in [6, 6.07) is 5.41. The van der Waals surface area contributed by atoms with E-state index in [4.69, 9.17) is 11.6 Å². The van der Waals surface area contributed by atoms with E-state index in [0.29, 0.717) is 5.88 Å². The molecule has 0 aliphatic carbocycles. The fourth-order valence-corrected chi connectivity index (χ4v) is 3.14. The number of halogens is 3. The van der Waals surface area contributed by atoms with Gasteiger partial charge in [0.05, 0.1) is 7.58 Å². The summed E-state index contributed by atoms with van der Waals surface area (Å²) >= 11 is 9.30. The molecule has 0 nitrogen and oxygen atoms in total. The highest BCUT2D eigenvalue weighted by atomic mass is 127. The maximum absolute atomic E-state index is 13.4. The van der Waals surface area contributed by atoms with E-state index in [2.05, 4.69) is 22.6 Å². The van der Waals surface area contributed by atoms with E-state index < -0.39 is 0 Å². The number of hydrogen-bond acceptors (Lipinski definition) is 1. The molecule has 2 rings (SSSR count). The molecule has 0 amide bonds. The fourth-order valence-electron chi connectivity index (χ4n) is 1.21. The van der Waals surface area contributed by atoms with Crippen molar-refractivity contribution in [2.45, 2.75) is 5.88 Å². The second-order valence-corrected chi connectivity index (χ2v) is 5.89. The van der Waals surface area contributed by atoms with Crippen molar-refractivity contribution in [2.24, 2.45) is 0 Å². The molecule has 13 heavy (non-hydrogen) atoms. The Morgan fingerprint density at radius 2 is 2.15 bits per heavy atom. The molecule has 0 atom stereocenters. The minimum absolute atomic E-state index is 0.166. The topological polar surface area (TPSA) is 0 Å². The Morgan fingerprint density at radius 1 is 1.38 bits per heavy atom. The standard InChI is InChI=1S/C9H5ClFIS/c10-4-5-1-6-3-8(12)13-9(6)7(11)2-5/h1-3H,4H2. The monoisotopic (exact) mass is 326 g/mol. The van der Waals surface area contributed by atoms with Gasteiger partial charge in [0, 0.05) is 5.88 Å². The third-order valence-electron chi connectivity index (χ3n) is 1.75. The van der Waals surface area contributed by atoms with Crippen molar-refractivity contribution in [1.29, 1.82) is 0 Å². The average molecular weight is 327 g/mol. The molecule has 1 heterocycles. The van der Waals surface area contributed by atoms with Crippen LogP contribution in [0.1, 0.15) is 5.56 Å². The largest absolute Gasteiger partial charge is 0.205 e. The van der Waals surface area contributed by atoms with Gasteiger partial charge >= 0.3 is 0 Å². The van der Waals surface area contributed by atoms with E-state index in [1.54, 1.807) is 0 Å². The van der Waals surface area contributed by atoms with Crippen LogP contribution in [0.5, 0.6) is 0 Å². The third-order valence-corrected chi connectivity index (χ3v) is 3.98. The number of alkyl halides is 1. The molecule has 0 fully saturated rings. The molecule has 4 heteroatoms. The van der Waals surface area contributed by atoms with Crippen LogP contribution in [-0.2, 0) is 5.88 Å². The molecular formula is C9H5ClFIS. The summed E-state index contributed by atoms with van der Waals surface area (Å²) in [4.78, 5) is 0. The minimum atomic E-state index is -0.166. The van der Waals surface area contributed by atoms with Crippen molar-refractivity contribution in [2.75, 3.05) is 0 Å². The van der Waals surface area contributed by atoms with Gasteiger partial charge in [-0.25, -0.2) is 4.39 Å². The number of fused-ring (bicyclic) bond motifs is 1. The Bertz CT molecular complexity index is 452. The quantitative estimate of drug-likeness (QED) is 0.539. The van der Waals surface area contributed by atoms with Crippen LogP contribution in [0.2, 0.25) is 0 Å². The second-order valence-electron chi connectivity index (χ2n) is 2.68. The van der Waals surface area contributed by atoms with Crippen LogP contribution in [0.3, 0.4) is 0 Å². The zero-order valence-corrected chi connectivity index (χ0v) is 10.2. The van der Waals surface area contributed by atoms with Gasteiger partial charge in [-0.1, -0.05) is 0 Å². The summed E-state index contributed by atoms with van der Waals surface area (Å²) in [5, 5.41) is 0.949. The first-order valence-corrected chi connectivity index (χ1v) is 6.07. The zero-order valence-electron chi connectivity index (χ0n) is 6.48. The predicted octanol–water partition coefficient (Wildman–Crippen LogP) is 4.38. The molecule has 0 aliphatic rings. The van der Waals surface area contributed by atoms with Crippen molar-refractivity contribution in [3.8, 4) is 0 Å². The lowest BCUT2D eigenvalue weighted by atomic mass is 10.2. The molecule has 68 valence electrons. The second kappa shape index (κ2) is 3.71. The molecule has 0 bridgehead atoms. The zero-order chi connectivity index (χ0) is 9.42. The first-order valence-electron chi connectivity index (χ1n) is 3.64. The molecular weight excluding hydrogens is 322 g/mol. The Balaban J connectivity index is 2.75. The van der Waals surface area contributed by atoms with Gasteiger partial charge in [0.25, 0.3) is 0 Å². The summed E-state index contributed by atoms with van der Waals surface area (Å²) in [7, 11) is 0. The lowest BCUT2D eigenvalue weighted by Crippen LogP contribution is -1.80. The number of benzene rings is 1. The van der Waals surface area contributed by atoms with Crippen LogP contribution in [0.25, 0.3) is 10.1 Å². The highest BCUT2D eigenvalue weighted by Crippen LogP contribution is 2.30. The van der Waals surface area contributed by atoms with Crippen molar-refractivity contribution in [1.82, 2.24) is 0 Å². The summed E-state index contributed by atoms with van der Waals surface area (Å²) in [5.74, 6) is 0.195. The van der Waals surface area contributed by atoms with E-state index in [-0.39, 0.29) is 5.82 Å². The van der Waals surface area contributed by atoms with Crippen LogP contribution < -0.4 is 0 Å². The number of rotatable bonds is 1. The Morgan fingerprint density at radius 3 is 2.85 bits per heavy atom. The molecule has 0 saturated carbocycles. The van der Waals surface area contributed by atoms with Crippen molar-refractivity contribution < 1.29 is 4.39 Å². The smallest absolute Gasteiger partial charge is 0.141 e. The molecule has 1 aromatic heterocycles. The van der Waals surface area contributed by atoms with Gasteiger partial charge in [0.1, 0.15) is 5.82 Å². The summed E-state index contributed by atoms with van der Waals surface area (Å²) in [6.45, 7) is 0. The number of hydrogen-bond donors (Lipinski definition) is 0.